The number of nitrogens with two attached hydrogens (primary N) is 1. The van der Waals surface area contributed by atoms with Gasteiger partial charge in [-0.2, -0.15) is 5.10 Å². The molecule has 3 aromatic rings. The predicted molar refractivity (Wildman–Crippen MR) is 106 cm³/mol. The van der Waals surface area contributed by atoms with Crippen LogP contribution in [0, 0.1) is 0 Å². The zero-order valence-electron chi connectivity index (χ0n) is 13.8. The van der Waals surface area contributed by atoms with Crippen LogP contribution in [0.1, 0.15) is 23.5 Å². The van der Waals surface area contributed by atoms with E-state index in [0.717, 1.165) is 16.5 Å². The van der Waals surface area contributed by atoms with Crippen LogP contribution in [0.2, 0.25) is 0 Å². The largest absolute Gasteiger partial charge is 0.481 e. The first-order valence-corrected chi connectivity index (χ1v) is 8.43. The monoisotopic (exact) mass is 366 g/mol. The van der Waals surface area contributed by atoms with Crippen molar-refractivity contribution in [2.24, 2.45) is 10.8 Å². The van der Waals surface area contributed by atoms with E-state index in [0.29, 0.717) is 11.3 Å². The number of carboxylic acids is 1. The summed E-state index contributed by atoms with van der Waals surface area (Å²) in [5, 5.41) is 15.0. The fourth-order valence-electron chi connectivity index (χ4n) is 2.89. The maximum absolute atomic E-state index is 12.0. The van der Waals surface area contributed by atoms with Crippen molar-refractivity contribution in [1.82, 2.24) is 10.4 Å². The number of aromatic amines is 1. The molecular weight excluding hydrogens is 348 g/mol. The molecule has 0 radical (unpaired) electrons. The lowest BCUT2D eigenvalue weighted by Gasteiger charge is -2.14. The number of carbonyl (C=O) groups is 1. The first kappa shape index (κ1) is 17.6. The Balaban J connectivity index is 2.00. The van der Waals surface area contributed by atoms with Gasteiger partial charge in [-0.25, -0.2) is 0 Å². The number of aliphatic carboxylic acids is 1. The fraction of sp³-hybridized carbons (Fsp3) is 0.105. The molecule has 1 aromatic heterocycles. The Kier molecular flexibility index (Phi) is 5.28. The summed E-state index contributed by atoms with van der Waals surface area (Å²) >= 11 is 4.81. The van der Waals surface area contributed by atoms with E-state index in [1.54, 1.807) is 6.20 Å². The van der Waals surface area contributed by atoms with Crippen molar-refractivity contribution in [3.63, 3.8) is 0 Å². The van der Waals surface area contributed by atoms with Crippen molar-refractivity contribution < 1.29 is 9.90 Å². The number of hydrogen-bond donors (Lipinski definition) is 4. The topological polar surface area (TPSA) is 104 Å². The Hall–Kier alpha value is -3.19. The fourth-order valence-corrected chi connectivity index (χ4v) is 2.93. The van der Waals surface area contributed by atoms with Gasteiger partial charge < -0.3 is 15.8 Å². The molecule has 5 N–H and O–H groups in total. The molecule has 0 bridgehead atoms. The average molecular weight is 366 g/mol. The molecule has 2 aromatic carbocycles. The minimum Gasteiger partial charge on any atom is -0.481 e. The van der Waals surface area contributed by atoms with Crippen LogP contribution < -0.4 is 11.2 Å². The number of hydrazone groups is 1. The summed E-state index contributed by atoms with van der Waals surface area (Å²) in [7, 11) is 0. The molecule has 26 heavy (non-hydrogen) atoms. The minimum absolute atomic E-state index is 0.0254. The molecular formula is C19H18N4O2S. The second kappa shape index (κ2) is 7.79. The molecule has 6 nitrogen and oxygen atoms in total. The lowest BCUT2D eigenvalue weighted by atomic mass is 9.91. The second-order valence-corrected chi connectivity index (χ2v) is 6.22. The normalized spacial score (nSPS) is 12.7. The van der Waals surface area contributed by atoms with Crippen molar-refractivity contribution in [2.75, 3.05) is 0 Å². The average Bonchev–Trinajstić information content (AvgIpc) is 3.06. The minimum atomic E-state index is -0.922. The third-order valence-electron chi connectivity index (χ3n) is 4.10. The van der Waals surface area contributed by atoms with Crippen LogP contribution in [0.5, 0.6) is 0 Å². The van der Waals surface area contributed by atoms with Crippen LogP contribution in [0.4, 0.5) is 0 Å². The Labute approximate surface area is 155 Å². The highest BCUT2D eigenvalue weighted by molar-refractivity contribution is 7.80. The number of nitrogens with zero attached hydrogens (tertiary/aromatic N) is 1. The third-order valence-corrected chi connectivity index (χ3v) is 4.19. The van der Waals surface area contributed by atoms with E-state index in [4.69, 9.17) is 18.0 Å². The summed E-state index contributed by atoms with van der Waals surface area (Å²) in [6.07, 6.45) is 1.93. The molecule has 3 rings (SSSR count). The summed E-state index contributed by atoms with van der Waals surface area (Å²) in [4.78, 5) is 15.1. The van der Waals surface area contributed by atoms with Crippen molar-refractivity contribution in [2.45, 2.75) is 12.3 Å². The zero-order chi connectivity index (χ0) is 18.5. The predicted octanol–water partition coefficient (Wildman–Crippen LogP) is 2.96. The molecule has 132 valence electrons. The molecule has 0 saturated carbocycles. The Morgan fingerprint density at radius 2 is 1.88 bits per heavy atom. The van der Waals surface area contributed by atoms with E-state index in [2.05, 4.69) is 15.5 Å². The summed E-state index contributed by atoms with van der Waals surface area (Å²) < 4.78 is 0. The van der Waals surface area contributed by atoms with Crippen LogP contribution in [-0.2, 0) is 4.79 Å². The van der Waals surface area contributed by atoms with Gasteiger partial charge in [0.25, 0.3) is 0 Å². The van der Waals surface area contributed by atoms with Crippen molar-refractivity contribution in [1.29, 1.82) is 0 Å². The second-order valence-electron chi connectivity index (χ2n) is 5.79. The molecule has 1 heterocycles. The van der Waals surface area contributed by atoms with Crippen LogP contribution in [0.3, 0.4) is 0 Å². The smallest absolute Gasteiger partial charge is 0.311 e. The maximum Gasteiger partial charge on any atom is 0.311 e. The highest BCUT2D eigenvalue weighted by atomic mass is 32.1. The van der Waals surface area contributed by atoms with Crippen molar-refractivity contribution in [3.8, 4) is 0 Å². The molecule has 0 aliphatic carbocycles. The number of rotatable bonds is 6. The third kappa shape index (κ3) is 3.89. The number of aromatic nitrogens is 1. The van der Waals surface area contributed by atoms with Crippen LogP contribution in [0.15, 0.2) is 65.9 Å². The van der Waals surface area contributed by atoms with Gasteiger partial charge in [0.05, 0.1) is 11.6 Å². The number of H-pyrrole nitrogens is 1. The number of carboxylic acid groups (broad SMARTS) is 1. The number of thiocarbonyl (C=S) groups is 1. The number of hydrogen-bond acceptors (Lipinski definition) is 3. The number of para-hydroxylation sites is 1. The van der Waals surface area contributed by atoms with Crippen LogP contribution in [0.25, 0.3) is 10.9 Å². The summed E-state index contributed by atoms with van der Waals surface area (Å²) in [5.74, 6) is -1.69. The van der Waals surface area contributed by atoms with Gasteiger partial charge in [-0.1, -0.05) is 48.5 Å². The van der Waals surface area contributed by atoms with Gasteiger partial charge in [-0.3, -0.25) is 10.2 Å². The van der Waals surface area contributed by atoms with Gasteiger partial charge in [0.15, 0.2) is 5.11 Å². The standard InChI is InChI=1S/C19H18N4O2S/c20-19(26)23-22-17(12-6-2-1-3-7-12)10-14(18(24)25)15-11-21-16-9-5-4-8-13(15)16/h1-9,11,14,21H,10H2,(H,24,25)(H3,20,23,26). The lowest BCUT2D eigenvalue weighted by Crippen LogP contribution is -2.26. The number of fused-ring (bicyclic) bond motifs is 1. The first-order valence-electron chi connectivity index (χ1n) is 8.02. The lowest BCUT2D eigenvalue weighted by molar-refractivity contribution is -0.138. The molecule has 0 spiro atoms. The first-order chi connectivity index (χ1) is 12.6. The molecule has 0 amide bonds. The van der Waals surface area contributed by atoms with Crippen molar-refractivity contribution >= 4 is 39.9 Å². The molecule has 0 aliphatic rings. The molecule has 1 unspecified atom stereocenters. The van der Waals surface area contributed by atoms with Crippen LogP contribution >= 0.6 is 12.2 Å². The van der Waals surface area contributed by atoms with Gasteiger partial charge in [-0.05, 0) is 29.4 Å². The summed E-state index contributed by atoms with van der Waals surface area (Å²) in [6, 6.07) is 17.0. The van der Waals surface area contributed by atoms with E-state index >= 15 is 0 Å². The molecule has 1 atom stereocenters. The summed E-state index contributed by atoms with van der Waals surface area (Å²) in [5.41, 5.74) is 11.0. The van der Waals surface area contributed by atoms with Gasteiger partial charge in [0, 0.05) is 23.5 Å². The molecule has 0 saturated heterocycles. The number of nitrogens with one attached hydrogen (secondary N) is 2. The zero-order valence-corrected chi connectivity index (χ0v) is 14.7. The van der Waals surface area contributed by atoms with Gasteiger partial charge in [0.2, 0.25) is 0 Å². The highest BCUT2D eigenvalue weighted by Gasteiger charge is 2.25. The van der Waals surface area contributed by atoms with E-state index in [-0.39, 0.29) is 11.5 Å². The molecule has 0 aliphatic heterocycles. The molecule has 7 heteroatoms. The van der Waals surface area contributed by atoms with E-state index in [1.165, 1.54) is 0 Å². The SMILES string of the molecule is NC(=S)NN=C(CC(C(=O)O)c1c[nH]c2ccccc12)c1ccccc1. The highest BCUT2D eigenvalue weighted by Crippen LogP contribution is 2.29. The quantitative estimate of drug-likeness (QED) is 0.305. The van der Waals surface area contributed by atoms with Crippen molar-refractivity contribution in [3.05, 3.63) is 71.9 Å². The van der Waals surface area contributed by atoms with E-state index in [9.17, 15) is 9.90 Å². The summed E-state index contributed by atoms with van der Waals surface area (Å²) in [6.45, 7) is 0. The van der Waals surface area contributed by atoms with Crippen LogP contribution in [-0.4, -0.2) is 26.9 Å². The van der Waals surface area contributed by atoms with E-state index in [1.807, 2.05) is 54.6 Å². The van der Waals surface area contributed by atoms with E-state index < -0.39 is 11.9 Å². The maximum atomic E-state index is 12.0. The Morgan fingerprint density at radius 1 is 1.19 bits per heavy atom. The number of benzene rings is 2. The van der Waals surface area contributed by atoms with Gasteiger partial charge in [-0.15, -0.1) is 0 Å². The van der Waals surface area contributed by atoms with Gasteiger partial charge >= 0.3 is 5.97 Å². The Morgan fingerprint density at radius 3 is 2.58 bits per heavy atom. The van der Waals surface area contributed by atoms with Gasteiger partial charge in [0.1, 0.15) is 0 Å². The Bertz CT molecular complexity index is 966. The molecule has 0 fully saturated rings.